The molecule has 84 valence electrons. The lowest BCUT2D eigenvalue weighted by molar-refractivity contribution is 0.235. The van der Waals surface area contributed by atoms with Gasteiger partial charge in [0.1, 0.15) is 0 Å². The van der Waals surface area contributed by atoms with Crippen molar-refractivity contribution < 1.29 is 0 Å². The van der Waals surface area contributed by atoms with E-state index in [9.17, 15) is 0 Å². The van der Waals surface area contributed by atoms with E-state index in [-0.39, 0.29) is 0 Å². The Balaban J connectivity index is 2.92. The average molecular weight is 206 g/mol. The minimum Gasteiger partial charge on any atom is -0.326 e. The monoisotopic (exact) mass is 206 g/mol. The minimum atomic E-state index is 0.483. The summed E-state index contributed by atoms with van der Waals surface area (Å²) >= 11 is 0. The fraction of sp³-hybridized carbons (Fsp3) is 0.538. The molecule has 1 unspecified atom stereocenters. The minimum absolute atomic E-state index is 0.483. The molecule has 0 aliphatic carbocycles. The van der Waals surface area contributed by atoms with Crippen LogP contribution in [-0.2, 0) is 6.54 Å². The number of hydrogen-bond acceptors (Lipinski definition) is 2. The molecule has 0 aliphatic rings. The van der Waals surface area contributed by atoms with Gasteiger partial charge in [0, 0.05) is 12.6 Å². The Morgan fingerprint density at radius 1 is 1.13 bits per heavy atom. The highest BCUT2D eigenvalue weighted by Gasteiger charge is 2.17. The summed E-state index contributed by atoms with van der Waals surface area (Å²) in [5.74, 6) is 0.615. The molecule has 0 heterocycles. The van der Waals surface area contributed by atoms with Crippen LogP contribution in [0.4, 0.5) is 0 Å². The Labute approximate surface area is 93.1 Å². The van der Waals surface area contributed by atoms with Crippen LogP contribution in [0, 0.1) is 5.92 Å². The van der Waals surface area contributed by atoms with Crippen molar-refractivity contribution in [3.8, 4) is 0 Å². The van der Waals surface area contributed by atoms with Gasteiger partial charge in [-0.2, -0.15) is 0 Å². The molecule has 0 saturated heterocycles. The molecule has 0 aliphatic heterocycles. The van der Waals surface area contributed by atoms with Crippen LogP contribution in [0.3, 0.4) is 0 Å². The van der Waals surface area contributed by atoms with E-state index in [4.69, 9.17) is 5.73 Å². The fourth-order valence-corrected chi connectivity index (χ4v) is 2.13. The quantitative estimate of drug-likeness (QED) is 0.819. The summed E-state index contributed by atoms with van der Waals surface area (Å²) < 4.78 is 0. The van der Waals surface area contributed by atoms with E-state index in [0.717, 1.165) is 0 Å². The highest BCUT2D eigenvalue weighted by molar-refractivity contribution is 5.25. The fourth-order valence-electron chi connectivity index (χ4n) is 2.13. The van der Waals surface area contributed by atoms with Gasteiger partial charge in [-0.15, -0.1) is 0 Å². The zero-order valence-electron chi connectivity index (χ0n) is 10.2. The van der Waals surface area contributed by atoms with Crippen LogP contribution in [0.2, 0.25) is 0 Å². The summed E-state index contributed by atoms with van der Waals surface area (Å²) in [6, 6.07) is 9.10. The maximum Gasteiger partial charge on any atom is 0.0364 e. The van der Waals surface area contributed by atoms with Crippen LogP contribution >= 0.6 is 0 Å². The van der Waals surface area contributed by atoms with Crippen molar-refractivity contribution in [3.05, 3.63) is 35.4 Å². The van der Waals surface area contributed by atoms with Crippen molar-refractivity contribution in [2.75, 3.05) is 14.1 Å². The topological polar surface area (TPSA) is 29.3 Å². The third kappa shape index (κ3) is 3.05. The molecular weight excluding hydrogens is 184 g/mol. The summed E-state index contributed by atoms with van der Waals surface area (Å²) in [5.41, 5.74) is 8.15. The third-order valence-corrected chi connectivity index (χ3v) is 2.74. The number of rotatable bonds is 4. The van der Waals surface area contributed by atoms with E-state index in [1.807, 2.05) is 0 Å². The van der Waals surface area contributed by atoms with Crippen LogP contribution in [0.1, 0.15) is 31.0 Å². The zero-order chi connectivity index (χ0) is 11.4. The highest BCUT2D eigenvalue weighted by atomic mass is 15.1. The van der Waals surface area contributed by atoms with E-state index in [2.05, 4.69) is 57.1 Å². The molecule has 0 radical (unpaired) electrons. The van der Waals surface area contributed by atoms with Crippen molar-refractivity contribution in [1.29, 1.82) is 0 Å². The van der Waals surface area contributed by atoms with E-state index in [1.54, 1.807) is 0 Å². The van der Waals surface area contributed by atoms with E-state index in [0.29, 0.717) is 18.5 Å². The SMILES string of the molecule is CC(C)C(c1ccc(CN)cc1)N(C)C. The van der Waals surface area contributed by atoms with Crippen molar-refractivity contribution in [2.45, 2.75) is 26.4 Å². The smallest absolute Gasteiger partial charge is 0.0364 e. The Kier molecular flexibility index (Phi) is 4.30. The van der Waals surface area contributed by atoms with Gasteiger partial charge < -0.3 is 10.6 Å². The van der Waals surface area contributed by atoms with Gasteiger partial charge in [0.15, 0.2) is 0 Å². The first-order valence-electron chi connectivity index (χ1n) is 5.51. The lowest BCUT2D eigenvalue weighted by atomic mass is 9.94. The van der Waals surface area contributed by atoms with Gasteiger partial charge in [-0.3, -0.25) is 0 Å². The van der Waals surface area contributed by atoms with Gasteiger partial charge in [0.05, 0.1) is 0 Å². The molecule has 1 aromatic carbocycles. The summed E-state index contributed by atoms with van der Waals surface area (Å²) in [6.07, 6.45) is 0. The molecule has 0 saturated carbocycles. The molecule has 15 heavy (non-hydrogen) atoms. The highest BCUT2D eigenvalue weighted by Crippen LogP contribution is 2.26. The number of nitrogens with zero attached hydrogens (tertiary/aromatic N) is 1. The second-order valence-electron chi connectivity index (χ2n) is 4.60. The zero-order valence-corrected chi connectivity index (χ0v) is 10.2. The van der Waals surface area contributed by atoms with Gasteiger partial charge in [-0.1, -0.05) is 38.1 Å². The third-order valence-electron chi connectivity index (χ3n) is 2.74. The van der Waals surface area contributed by atoms with Crippen LogP contribution in [0.25, 0.3) is 0 Å². The molecule has 2 N–H and O–H groups in total. The van der Waals surface area contributed by atoms with Crippen molar-refractivity contribution >= 4 is 0 Å². The maximum absolute atomic E-state index is 5.59. The second kappa shape index (κ2) is 5.29. The Morgan fingerprint density at radius 3 is 2.00 bits per heavy atom. The molecule has 0 aromatic heterocycles. The average Bonchev–Trinajstić information content (AvgIpc) is 2.18. The predicted molar refractivity (Wildman–Crippen MR) is 65.6 cm³/mol. The van der Waals surface area contributed by atoms with Crippen LogP contribution in [-0.4, -0.2) is 19.0 Å². The van der Waals surface area contributed by atoms with Crippen LogP contribution < -0.4 is 5.73 Å². The van der Waals surface area contributed by atoms with Crippen LogP contribution in [0.15, 0.2) is 24.3 Å². The summed E-state index contributed by atoms with van der Waals surface area (Å²) in [6.45, 7) is 5.12. The first-order chi connectivity index (χ1) is 7.06. The molecule has 0 spiro atoms. The predicted octanol–water partition coefficient (Wildman–Crippen LogP) is 2.40. The van der Waals surface area contributed by atoms with Crippen molar-refractivity contribution in [2.24, 2.45) is 11.7 Å². The van der Waals surface area contributed by atoms with E-state index < -0.39 is 0 Å². The molecule has 1 rings (SSSR count). The Morgan fingerprint density at radius 2 is 1.67 bits per heavy atom. The Hall–Kier alpha value is -0.860. The number of nitrogens with two attached hydrogens (primary N) is 1. The molecule has 2 heteroatoms. The molecule has 0 fully saturated rings. The second-order valence-corrected chi connectivity index (χ2v) is 4.60. The Bertz CT molecular complexity index is 280. The van der Waals surface area contributed by atoms with E-state index >= 15 is 0 Å². The molecule has 1 atom stereocenters. The lowest BCUT2D eigenvalue weighted by Gasteiger charge is -2.28. The molecule has 2 nitrogen and oxygen atoms in total. The van der Waals surface area contributed by atoms with Gasteiger partial charge in [-0.25, -0.2) is 0 Å². The molecular formula is C13H22N2. The molecule has 0 amide bonds. The number of hydrogen-bond donors (Lipinski definition) is 1. The number of benzene rings is 1. The van der Waals surface area contributed by atoms with Gasteiger partial charge in [0.25, 0.3) is 0 Å². The normalized spacial score (nSPS) is 13.5. The summed E-state index contributed by atoms with van der Waals surface area (Å²) in [7, 11) is 4.25. The molecule has 0 bridgehead atoms. The lowest BCUT2D eigenvalue weighted by Crippen LogP contribution is -2.24. The van der Waals surface area contributed by atoms with Gasteiger partial charge in [-0.05, 0) is 31.1 Å². The first-order valence-corrected chi connectivity index (χ1v) is 5.51. The van der Waals surface area contributed by atoms with Crippen molar-refractivity contribution in [1.82, 2.24) is 4.90 Å². The standard InChI is InChI=1S/C13H22N2/c1-10(2)13(15(3)4)12-7-5-11(9-14)6-8-12/h5-8,10,13H,9,14H2,1-4H3. The van der Waals surface area contributed by atoms with Crippen LogP contribution in [0.5, 0.6) is 0 Å². The van der Waals surface area contributed by atoms with Gasteiger partial charge in [0.2, 0.25) is 0 Å². The first kappa shape index (κ1) is 12.2. The summed E-state index contributed by atoms with van der Waals surface area (Å²) in [5, 5.41) is 0. The van der Waals surface area contributed by atoms with Gasteiger partial charge >= 0.3 is 0 Å². The molecule has 1 aromatic rings. The van der Waals surface area contributed by atoms with E-state index in [1.165, 1.54) is 11.1 Å². The van der Waals surface area contributed by atoms with Crippen molar-refractivity contribution in [3.63, 3.8) is 0 Å². The summed E-state index contributed by atoms with van der Waals surface area (Å²) in [4.78, 5) is 2.27. The largest absolute Gasteiger partial charge is 0.326 e. The maximum atomic E-state index is 5.59.